The van der Waals surface area contributed by atoms with Gasteiger partial charge in [-0.15, -0.1) is 0 Å². The fourth-order valence-electron chi connectivity index (χ4n) is 4.06. The molecule has 0 saturated carbocycles. The van der Waals surface area contributed by atoms with Crippen molar-refractivity contribution in [1.82, 2.24) is 10.2 Å². The molecule has 2 aromatic rings. The van der Waals surface area contributed by atoms with Gasteiger partial charge in [-0.1, -0.05) is 6.07 Å². The number of fused-ring (bicyclic) bond motifs is 1. The number of likely N-dealkylation sites (tertiary alicyclic amines) is 1. The van der Waals surface area contributed by atoms with Crippen LogP contribution in [0.1, 0.15) is 34.3 Å². The molecule has 0 aliphatic carbocycles. The van der Waals surface area contributed by atoms with Crippen LogP contribution in [0.2, 0.25) is 0 Å². The van der Waals surface area contributed by atoms with E-state index in [-0.39, 0.29) is 17.5 Å². The summed E-state index contributed by atoms with van der Waals surface area (Å²) >= 11 is 0. The highest BCUT2D eigenvalue weighted by Crippen LogP contribution is 2.22. The summed E-state index contributed by atoms with van der Waals surface area (Å²) in [6.07, 6.45) is 1.05. The Balaban J connectivity index is 1.16. The van der Waals surface area contributed by atoms with Gasteiger partial charge in [0.2, 0.25) is 0 Å². The summed E-state index contributed by atoms with van der Waals surface area (Å²) < 4.78 is 18.3. The molecule has 1 fully saturated rings. The number of nitrogens with zero attached hydrogens (tertiary/aromatic N) is 1. The molecule has 0 unspecified atom stereocenters. The standard InChI is InChI=1S/C23H26FN3O3/c24-20-4-1-16(2-5-20)22(28)17-7-9-27(10-8-17)11-12-30-23(29)26-21-6-3-18-14-25-15-19(18)13-21/h1-6,13,17,25H,7-12,14-15H2,(H,26,29). The number of halogens is 1. The van der Waals surface area contributed by atoms with Gasteiger partial charge in [0.25, 0.3) is 0 Å². The number of rotatable bonds is 6. The topological polar surface area (TPSA) is 70.7 Å². The van der Waals surface area contributed by atoms with Gasteiger partial charge < -0.3 is 10.1 Å². The molecular formula is C23H26FN3O3. The van der Waals surface area contributed by atoms with Gasteiger partial charge in [0, 0.05) is 36.8 Å². The average molecular weight is 411 g/mol. The first-order valence-electron chi connectivity index (χ1n) is 10.4. The Hall–Kier alpha value is -2.77. The van der Waals surface area contributed by atoms with E-state index in [1.807, 2.05) is 18.2 Å². The minimum atomic E-state index is -0.456. The van der Waals surface area contributed by atoms with Gasteiger partial charge >= 0.3 is 6.09 Å². The molecule has 2 N–H and O–H groups in total. The van der Waals surface area contributed by atoms with E-state index in [0.717, 1.165) is 44.7 Å². The van der Waals surface area contributed by atoms with Crippen molar-refractivity contribution in [3.8, 4) is 0 Å². The van der Waals surface area contributed by atoms with Gasteiger partial charge in [-0.05, 0) is 73.5 Å². The van der Waals surface area contributed by atoms with Crippen LogP contribution >= 0.6 is 0 Å². The number of nitrogens with one attached hydrogen (secondary N) is 2. The minimum Gasteiger partial charge on any atom is -0.448 e. The van der Waals surface area contributed by atoms with Crippen LogP contribution in [0.5, 0.6) is 0 Å². The van der Waals surface area contributed by atoms with Crippen LogP contribution in [0.25, 0.3) is 0 Å². The van der Waals surface area contributed by atoms with Crippen molar-refractivity contribution in [3.05, 3.63) is 65.0 Å². The zero-order valence-corrected chi connectivity index (χ0v) is 16.8. The summed E-state index contributed by atoms with van der Waals surface area (Å²) in [6, 6.07) is 11.6. The van der Waals surface area contributed by atoms with Gasteiger partial charge in [-0.25, -0.2) is 9.18 Å². The molecule has 1 saturated heterocycles. The molecule has 2 heterocycles. The number of anilines is 1. The largest absolute Gasteiger partial charge is 0.448 e. The van der Waals surface area contributed by atoms with Gasteiger partial charge in [-0.3, -0.25) is 15.0 Å². The van der Waals surface area contributed by atoms with Crippen LogP contribution in [-0.2, 0) is 17.8 Å². The van der Waals surface area contributed by atoms with Crippen LogP contribution in [0.3, 0.4) is 0 Å². The Labute approximate surface area is 175 Å². The van der Waals surface area contributed by atoms with Crippen molar-refractivity contribution < 1.29 is 18.7 Å². The summed E-state index contributed by atoms with van der Waals surface area (Å²) in [6.45, 7) is 4.18. The summed E-state index contributed by atoms with van der Waals surface area (Å²) in [4.78, 5) is 26.8. The number of carbonyl (C=O) groups excluding carboxylic acids is 2. The van der Waals surface area contributed by atoms with Crippen molar-refractivity contribution in [2.45, 2.75) is 25.9 Å². The third-order valence-electron chi connectivity index (χ3n) is 5.81. The summed E-state index contributed by atoms with van der Waals surface area (Å²) in [5.74, 6) is -0.293. The SMILES string of the molecule is O=C(Nc1ccc2c(c1)CNC2)OCCN1CCC(C(=O)c2ccc(F)cc2)CC1. The fraction of sp³-hybridized carbons (Fsp3) is 0.391. The number of amides is 1. The zero-order chi connectivity index (χ0) is 20.9. The Morgan fingerprint density at radius 1 is 1.07 bits per heavy atom. The van der Waals surface area contributed by atoms with Crippen molar-refractivity contribution in [1.29, 1.82) is 0 Å². The summed E-state index contributed by atoms with van der Waals surface area (Å²) in [5.41, 5.74) is 3.76. The van der Waals surface area contributed by atoms with Crippen LogP contribution in [0.15, 0.2) is 42.5 Å². The molecule has 2 aliphatic heterocycles. The number of carbonyl (C=O) groups is 2. The van der Waals surface area contributed by atoms with Gasteiger partial charge in [0.05, 0.1) is 0 Å². The molecule has 0 atom stereocenters. The third-order valence-corrected chi connectivity index (χ3v) is 5.81. The van der Waals surface area contributed by atoms with Crippen LogP contribution in [-0.4, -0.2) is 43.0 Å². The molecule has 0 aromatic heterocycles. The van der Waals surface area contributed by atoms with Crippen molar-refractivity contribution in [2.24, 2.45) is 5.92 Å². The van der Waals surface area contributed by atoms with E-state index in [2.05, 4.69) is 15.5 Å². The predicted molar refractivity (Wildman–Crippen MR) is 112 cm³/mol. The Morgan fingerprint density at radius 3 is 2.57 bits per heavy atom. The number of hydrogen-bond acceptors (Lipinski definition) is 5. The lowest BCUT2D eigenvalue weighted by Gasteiger charge is -2.31. The summed E-state index contributed by atoms with van der Waals surface area (Å²) in [7, 11) is 0. The molecule has 158 valence electrons. The predicted octanol–water partition coefficient (Wildman–Crippen LogP) is 3.57. The van der Waals surface area contributed by atoms with E-state index in [4.69, 9.17) is 4.74 Å². The Kier molecular flexibility index (Phi) is 6.40. The Bertz CT molecular complexity index is 908. The van der Waals surface area contributed by atoms with Crippen molar-refractivity contribution in [3.63, 3.8) is 0 Å². The highest BCUT2D eigenvalue weighted by atomic mass is 19.1. The van der Waals surface area contributed by atoms with E-state index >= 15 is 0 Å². The van der Waals surface area contributed by atoms with E-state index in [0.29, 0.717) is 18.7 Å². The highest BCUT2D eigenvalue weighted by molar-refractivity contribution is 5.97. The first-order valence-corrected chi connectivity index (χ1v) is 10.4. The van der Waals surface area contributed by atoms with Gasteiger partial charge in [0.1, 0.15) is 12.4 Å². The van der Waals surface area contributed by atoms with Crippen LogP contribution in [0.4, 0.5) is 14.9 Å². The molecule has 0 bridgehead atoms. The minimum absolute atomic E-state index is 0.0368. The van der Waals surface area contributed by atoms with E-state index in [1.165, 1.54) is 23.3 Å². The zero-order valence-electron chi connectivity index (χ0n) is 16.8. The van der Waals surface area contributed by atoms with E-state index in [1.54, 1.807) is 12.1 Å². The summed E-state index contributed by atoms with van der Waals surface area (Å²) in [5, 5.41) is 6.05. The molecule has 2 aliphatic rings. The maximum Gasteiger partial charge on any atom is 0.411 e. The second kappa shape index (κ2) is 9.36. The fourth-order valence-corrected chi connectivity index (χ4v) is 4.06. The van der Waals surface area contributed by atoms with Crippen molar-refractivity contribution in [2.75, 3.05) is 31.6 Å². The maximum absolute atomic E-state index is 13.0. The Morgan fingerprint density at radius 2 is 1.80 bits per heavy atom. The lowest BCUT2D eigenvalue weighted by Crippen LogP contribution is -2.38. The lowest BCUT2D eigenvalue weighted by molar-refractivity contribution is 0.0813. The molecule has 30 heavy (non-hydrogen) atoms. The third kappa shape index (κ3) is 5.04. The van der Waals surface area contributed by atoms with Gasteiger partial charge in [-0.2, -0.15) is 0 Å². The molecule has 7 heteroatoms. The molecular weight excluding hydrogens is 385 g/mol. The second-order valence-corrected chi connectivity index (χ2v) is 7.84. The quantitative estimate of drug-likeness (QED) is 0.711. The van der Waals surface area contributed by atoms with Crippen LogP contribution in [0, 0.1) is 11.7 Å². The highest BCUT2D eigenvalue weighted by Gasteiger charge is 2.25. The molecule has 2 aromatic carbocycles. The van der Waals surface area contributed by atoms with Crippen LogP contribution < -0.4 is 10.6 Å². The average Bonchev–Trinajstić information content (AvgIpc) is 3.22. The monoisotopic (exact) mass is 411 g/mol. The first-order chi connectivity index (χ1) is 14.6. The van der Waals surface area contributed by atoms with Crippen molar-refractivity contribution >= 4 is 17.6 Å². The van der Waals surface area contributed by atoms with Gasteiger partial charge in [0.15, 0.2) is 5.78 Å². The molecule has 1 amide bonds. The maximum atomic E-state index is 13.0. The molecule has 6 nitrogen and oxygen atoms in total. The number of ether oxygens (including phenoxy) is 1. The first kappa shape index (κ1) is 20.5. The molecule has 4 rings (SSSR count). The number of benzene rings is 2. The number of hydrogen-bond donors (Lipinski definition) is 2. The normalized spacial score (nSPS) is 16.8. The van der Waals surface area contributed by atoms with E-state index in [9.17, 15) is 14.0 Å². The number of ketones is 1. The smallest absolute Gasteiger partial charge is 0.411 e. The van der Waals surface area contributed by atoms with E-state index < -0.39 is 6.09 Å². The molecule has 0 spiro atoms. The number of piperidine rings is 1. The molecule has 0 radical (unpaired) electrons. The number of Topliss-reactive ketones (excluding diaryl/α,β-unsaturated/α-hetero) is 1. The second-order valence-electron chi connectivity index (χ2n) is 7.84. The lowest BCUT2D eigenvalue weighted by atomic mass is 9.89.